The molecule has 0 spiro atoms. The third kappa shape index (κ3) is 3.15. The van der Waals surface area contributed by atoms with Crippen LogP contribution in [0.2, 0.25) is 5.15 Å². The lowest BCUT2D eigenvalue weighted by atomic mass is 10.00. The van der Waals surface area contributed by atoms with Crippen LogP contribution in [0.25, 0.3) is 10.9 Å². The van der Waals surface area contributed by atoms with Gasteiger partial charge in [0.2, 0.25) is 0 Å². The van der Waals surface area contributed by atoms with Crippen molar-refractivity contribution in [1.82, 2.24) is 9.99 Å². The molecule has 0 saturated carbocycles. The molecule has 1 unspecified atom stereocenters. The maximum atomic E-state index is 14.3. The molecule has 2 aromatic heterocycles. The summed E-state index contributed by atoms with van der Waals surface area (Å²) in [5.74, 6) is -0.608. The van der Waals surface area contributed by atoms with Crippen LogP contribution >= 0.6 is 11.6 Å². The van der Waals surface area contributed by atoms with Crippen molar-refractivity contribution in [2.75, 3.05) is 0 Å². The first-order valence-electron chi connectivity index (χ1n) is 9.36. The minimum absolute atomic E-state index is 0.0585. The van der Waals surface area contributed by atoms with Gasteiger partial charge in [-0.3, -0.25) is 4.79 Å². The predicted molar refractivity (Wildman–Crippen MR) is 112 cm³/mol. The van der Waals surface area contributed by atoms with E-state index in [1.807, 2.05) is 30.3 Å². The monoisotopic (exact) mass is 419 g/mol. The van der Waals surface area contributed by atoms with E-state index in [-0.39, 0.29) is 10.7 Å². The Morgan fingerprint density at radius 1 is 1.10 bits per heavy atom. The van der Waals surface area contributed by atoms with E-state index in [0.717, 1.165) is 10.9 Å². The van der Waals surface area contributed by atoms with Gasteiger partial charge in [-0.2, -0.15) is 5.10 Å². The van der Waals surface area contributed by atoms with E-state index in [1.165, 1.54) is 23.2 Å². The molecule has 5 nitrogen and oxygen atoms in total. The molecule has 0 radical (unpaired) electrons. The first kappa shape index (κ1) is 18.5. The molecule has 1 amide bonds. The number of benzene rings is 2. The summed E-state index contributed by atoms with van der Waals surface area (Å²) in [6, 6.07) is 18.3. The van der Waals surface area contributed by atoms with E-state index < -0.39 is 17.8 Å². The number of amides is 1. The summed E-state index contributed by atoms with van der Waals surface area (Å²) >= 11 is 6.51. The van der Waals surface area contributed by atoms with E-state index in [4.69, 9.17) is 16.0 Å². The number of carbonyl (C=O) groups excluding carboxylic acids is 1. The Morgan fingerprint density at radius 2 is 1.90 bits per heavy atom. The molecule has 0 fully saturated rings. The standard InChI is InChI=1S/C23H15ClFN3O2/c24-22-16(12-14-6-1-4-9-18(14)26-22)20-13-19(21-10-5-11-30-21)27-28(20)23(29)15-7-2-3-8-17(15)25/h1-12,20H,13H2. The molecule has 2 aromatic carbocycles. The van der Waals surface area contributed by atoms with E-state index in [2.05, 4.69) is 10.1 Å². The number of halogens is 2. The van der Waals surface area contributed by atoms with Crippen LogP contribution in [-0.4, -0.2) is 21.6 Å². The van der Waals surface area contributed by atoms with Gasteiger partial charge in [-0.05, 0) is 36.4 Å². The Balaban J connectivity index is 1.62. The predicted octanol–water partition coefficient (Wildman–Crippen LogP) is 5.61. The van der Waals surface area contributed by atoms with Gasteiger partial charge in [0, 0.05) is 17.4 Å². The van der Waals surface area contributed by atoms with E-state index in [0.29, 0.717) is 23.5 Å². The molecular weight excluding hydrogens is 405 g/mol. The zero-order valence-corrected chi connectivity index (χ0v) is 16.4. The van der Waals surface area contributed by atoms with Gasteiger partial charge < -0.3 is 4.42 Å². The second-order valence-corrected chi connectivity index (χ2v) is 7.29. The summed E-state index contributed by atoms with van der Waals surface area (Å²) in [6.07, 6.45) is 1.91. The summed E-state index contributed by atoms with van der Waals surface area (Å²) in [5.41, 5.74) is 1.92. The highest BCUT2D eigenvalue weighted by Gasteiger charge is 2.37. The highest BCUT2D eigenvalue weighted by Crippen LogP contribution is 2.38. The van der Waals surface area contributed by atoms with Gasteiger partial charge >= 0.3 is 0 Å². The Labute approximate surface area is 176 Å². The molecule has 3 heterocycles. The molecule has 1 aliphatic heterocycles. The lowest BCUT2D eigenvalue weighted by molar-refractivity contribution is 0.0706. The van der Waals surface area contributed by atoms with Gasteiger partial charge in [0.15, 0.2) is 0 Å². The highest BCUT2D eigenvalue weighted by molar-refractivity contribution is 6.30. The van der Waals surface area contributed by atoms with Gasteiger partial charge in [0.1, 0.15) is 22.4 Å². The fourth-order valence-corrected chi connectivity index (χ4v) is 3.90. The third-order valence-electron chi connectivity index (χ3n) is 5.09. The maximum Gasteiger partial charge on any atom is 0.277 e. The van der Waals surface area contributed by atoms with Crippen molar-refractivity contribution in [3.8, 4) is 0 Å². The summed E-state index contributed by atoms with van der Waals surface area (Å²) in [5, 5.41) is 6.92. The quantitative estimate of drug-likeness (QED) is 0.405. The van der Waals surface area contributed by atoms with Crippen molar-refractivity contribution in [3.05, 3.63) is 101 Å². The van der Waals surface area contributed by atoms with Crippen molar-refractivity contribution >= 4 is 34.1 Å². The van der Waals surface area contributed by atoms with E-state index in [1.54, 1.807) is 24.5 Å². The minimum atomic E-state index is -0.606. The molecule has 1 atom stereocenters. The normalized spacial score (nSPS) is 16.1. The number of hydrogen-bond donors (Lipinski definition) is 0. The average Bonchev–Trinajstić information content (AvgIpc) is 3.43. The summed E-state index contributed by atoms with van der Waals surface area (Å²) in [7, 11) is 0. The summed E-state index contributed by atoms with van der Waals surface area (Å²) in [4.78, 5) is 17.7. The molecule has 0 aliphatic carbocycles. The molecule has 0 bridgehead atoms. The molecule has 0 saturated heterocycles. The van der Waals surface area contributed by atoms with Gasteiger partial charge in [-0.15, -0.1) is 0 Å². The Bertz CT molecular complexity index is 1290. The average molecular weight is 420 g/mol. The van der Waals surface area contributed by atoms with E-state index >= 15 is 0 Å². The smallest absolute Gasteiger partial charge is 0.277 e. The number of rotatable bonds is 3. The van der Waals surface area contributed by atoms with Crippen LogP contribution in [0.3, 0.4) is 0 Å². The summed E-state index contributed by atoms with van der Waals surface area (Å²) < 4.78 is 19.8. The Hall–Kier alpha value is -3.51. The zero-order valence-electron chi connectivity index (χ0n) is 15.6. The topological polar surface area (TPSA) is 58.7 Å². The van der Waals surface area contributed by atoms with Crippen molar-refractivity contribution in [2.24, 2.45) is 5.10 Å². The molecule has 4 aromatic rings. The van der Waals surface area contributed by atoms with Crippen LogP contribution in [0.4, 0.5) is 4.39 Å². The third-order valence-corrected chi connectivity index (χ3v) is 5.39. The van der Waals surface area contributed by atoms with Gasteiger partial charge in [0.25, 0.3) is 5.91 Å². The zero-order chi connectivity index (χ0) is 20.7. The molecule has 148 valence electrons. The lowest BCUT2D eigenvalue weighted by Crippen LogP contribution is -2.28. The first-order chi connectivity index (χ1) is 14.6. The number of para-hydroxylation sites is 1. The van der Waals surface area contributed by atoms with Gasteiger partial charge in [-0.25, -0.2) is 14.4 Å². The number of hydrazone groups is 1. The minimum Gasteiger partial charge on any atom is -0.463 e. The first-order valence-corrected chi connectivity index (χ1v) is 9.74. The highest BCUT2D eigenvalue weighted by atomic mass is 35.5. The second-order valence-electron chi connectivity index (χ2n) is 6.93. The molecule has 30 heavy (non-hydrogen) atoms. The van der Waals surface area contributed by atoms with Crippen molar-refractivity contribution < 1.29 is 13.6 Å². The maximum absolute atomic E-state index is 14.3. The second kappa shape index (κ2) is 7.39. The van der Waals surface area contributed by atoms with Crippen LogP contribution in [0.5, 0.6) is 0 Å². The number of pyridine rings is 1. The molecular formula is C23H15ClFN3O2. The van der Waals surface area contributed by atoms with Crippen molar-refractivity contribution in [3.63, 3.8) is 0 Å². The van der Waals surface area contributed by atoms with Crippen LogP contribution in [0.1, 0.15) is 34.1 Å². The Morgan fingerprint density at radius 3 is 2.70 bits per heavy atom. The fourth-order valence-electron chi connectivity index (χ4n) is 3.63. The number of hydrogen-bond acceptors (Lipinski definition) is 4. The molecule has 5 rings (SSSR count). The Kier molecular flexibility index (Phi) is 4.56. The van der Waals surface area contributed by atoms with Gasteiger partial charge in [-0.1, -0.05) is 41.9 Å². The van der Waals surface area contributed by atoms with Crippen molar-refractivity contribution in [1.29, 1.82) is 0 Å². The number of nitrogens with zero attached hydrogens (tertiary/aromatic N) is 3. The van der Waals surface area contributed by atoms with Crippen LogP contribution < -0.4 is 0 Å². The number of fused-ring (bicyclic) bond motifs is 1. The number of aromatic nitrogens is 1. The molecule has 1 aliphatic rings. The fraction of sp³-hybridized carbons (Fsp3) is 0.0870. The number of carbonyl (C=O) groups is 1. The van der Waals surface area contributed by atoms with Crippen LogP contribution in [0.15, 0.2) is 82.5 Å². The SMILES string of the molecule is O=C(c1ccccc1F)N1N=C(c2ccco2)CC1c1cc2ccccc2nc1Cl. The molecule has 0 N–H and O–H groups in total. The number of furan rings is 1. The molecule has 7 heteroatoms. The van der Waals surface area contributed by atoms with Crippen LogP contribution in [0, 0.1) is 5.82 Å². The van der Waals surface area contributed by atoms with Gasteiger partial charge in [0.05, 0.1) is 23.4 Å². The van der Waals surface area contributed by atoms with Crippen molar-refractivity contribution in [2.45, 2.75) is 12.5 Å². The lowest BCUT2D eigenvalue weighted by Gasteiger charge is -2.23. The summed E-state index contributed by atoms with van der Waals surface area (Å²) in [6.45, 7) is 0. The van der Waals surface area contributed by atoms with Crippen LogP contribution in [-0.2, 0) is 0 Å². The largest absolute Gasteiger partial charge is 0.463 e. The van der Waals surface area contributed by atoms with E-state index in [9.17, 15) is 9.18 Å².